The first-order valence-corrected chi connectivity index (χ1v) is 9.57. The number of hydrazone groups is 2. The van der Waals surface area contributed by atoms with Crippen LogP contribution in [-0.2, 0) is 9.59 Å². The highest BCUT2D eigenvalue weighted by atomic mass is 16.2. The van der Waals surface area contributed by atoms with E-state index >= 15 is 0 Å². The molecule has 0 aliphatic carbocycles. The molecule has 0 spiro atoms. The summed E-state index contributed by atoms with van der Waals surface area (Å²) < 4.78 is 0. The molecule has 2 aromatic carbocycles. The SMILES string of the molecule is CN(C)C(=O)/C(=N\NCCN/N=C(\C(=O)N(C)C)c1ccccc1)c1ccccc1. The number of carbonyl (C=O) groups excluding carboxylic acids is 2. The van der Waals surface area contributed by atoms with E-state index in [1.54, 1.807) is 28.2 Å². The zero-order valence-electron chi connectivity index (χ0n) is 17.8. The Kier molecular flexibility index (Phi) is 8.56. The van der Waals surface area contributed by atoms with Crippen LogP contribution < -0.4 is 10.9 Å². The Morgan fingerprint density at radius 1 is 0.667 bits per heavy atom. The van der Waals surface area contributed by atoms with Gasteiger partial charge in [0, 0.05) is 39.3 Å². The van der Waals surface area contributed by atoms with Crippen molar-refractivity contribution in [1.82, 2.24) is 20.7 Å². The summed E-state index contributed by atoms with van der Waals surface area (Å²) in [5.41, 5.74) is 7.93. The summed E-state index contributed by atoms with van der Waals surface area (Å²) in [7, 11) is 6.74. The van der Waals surface area contributed by atoms with Gasteiger partial charge in [0.1, 0.15) is 0 Å². The molecular weight excluding hydrogens is 380 g/mol. The van der Waals surface area contributed by atoms with Crippen molar-refractivity contribution in [2.24, 2.45) is 10.2 Å². The number of hydrogen-bond acceptors (Lipinski definition) is 6. The second kappa shape index (κ2) is 11.4. The van der Waals surface area contributed by atoms with Gasteiger partial charge in [0.05, 0.1) is 13.1 Å². The summed E-state index contributed by atoms with van der Waals surface area (Å²) in [6.07, 6.45) is 0. The number of hydrogen-bond donors (Lipinski definition) is 2. The highest BCUT2D eigenvalue weighted by Crippen LogP contribution is 2.04. The van der Waals surface area contributed by atoms with Gasteiger partial charge in [0.15, 0.2) is 11.4 Å². The van der Waals surface area contributed by atoms with Gasteiger partial charge in [-0.05, 0) is 0 Å². The lowest BCUT2D eigenvalue weighted by Gasteiger charge is -2.14. The van der Waals surface area contributed by atoms with Crippen LogP contribution in [0.2, 0.25) is 0 Å². The average molecular weight is 409 g/mol. The van der Waals surface area contributed by atoms with Gasteiger partial charge < -0.3 is 20.7 Å². The topological polar surface area (TPSA) is 89.4 Å². The number of rotatable bonds is 9. The van der Waals surface area contributed by atoms with Crippen LogP contribution in [0.15, 0.2) is 70.9 Å². The lowest BCUT2D eigenvalue weighted by Crippen LogP contribution is -2.34. The van der Waals surface area contributed by atoms with Gasteiger partial charge in [-0.15, -0.1) is 0 Å². The molecule has 0 saturated heterocycles. The molecule has 30 heavy (non-hydrogen) atoms. The molecular formula is C22H28N6O2. The highest BCUT2D eigenvalue weighted by molar-refractivity contribution is 6.45. The smallest absolute Gasteiger partial charge is 0.274 e. The van der Waals surface area contributed by atoms with E-state index in [-0.39, 0.29) is 11.8 Å². The van der Waals surface area contributed by atoms with E-state index in [0.29, 0.717) is 24.5 Å². The number of amides is 2. The van der Waals surface area contributed by atoms with Crippen LogP contribution in [-0.4, -0.2) is 74.3 Å². The zero-order valence-corrected chi connectivity index (χ0v) is 17.8. The summed E-state index contributed by atoms with van der Waals surface area (Å²) in [4.78, 5) is 27.8. The number of nitrogens with zero attached hydrogens (tertiary/aromatic N) is 4. The van der Waals surface area contributed by atoms with Gasteiger partial charge in [0.25, 0.3) is 11.8 Å². The van der Waals surface area contributed by atoms with Crippen LogP contribution in [0.25, 0.3) is 0 Å². The Bertz CT molecular complexity index is 817. The second-order valence-electron chi connectivity index (χ2n) is 6.87. The minimum atomic E-state index is -0.192. The van der Waals surface area contributed by atoms with Gasteiger partial charge in [0.2, 0.25) is 0 Å². The molecule has 2 rings (SSSR count). The molecule has 0 heterocycles. The first kappa shape index (κ1) is 22.6. The lowest BCUT2D eigenvalue weighted by molar-refractivity contribution is -0.122. The van der Waals surface area contributed by atoms with Gasteiger partial charge in [-0.2, -0.15) is 10.2 Å². The third-order valence-electron chi connectivity index (χ3n) is 4.04. The molecule has 0 saturated carbocycles. The van der Waals surface area contributed by atoms with Crippen molar-refractivity contribution < 1.29 is 9.59 Å². The molecule has 2 N–H and O–H groups in total. The normalized spacial score (nSPS) is 11.6. The Balaban J connectivity index is 2.02. The van der Waals surface area contributed by atoms with Crippen LogP contribution in [0.3, 0.4) is 0 Å². The van der Waals surface area contributed by atoms with Gasteiger partial charge in [-0.1, -0.05) is 60.7 Å². The standard InChI is InChI=1S/C22H28N6O2/c1-27(2)21(29)19(17-11-7-5-8-12-17)25-23-15-16-24-26-20(22(30)28(3)4)18-13-9-6-10-14-18/h5-14,23-24H,15-16H2,1-4H3/b25-19-,26-20-. The Morgan fingerprint density at radius 2 is 1.00 bits per heavy atom. The number of benzene rings is 2. The quantitative estimate of drug-likeness (QED) is 0.370. The van der Waals surface area contributed by atoms with Crippen LogP contribution in [0.4, 0.5) is 0 Å². The molecule has 8 nitrogen and oxygen atoms in total. The first-order valence-electron chi connectivity index (χ1n) is 9.57. The molecule has 0 aliphatic rings. The molecule has 0 fully saturated rings. The molecule has 2 amide bonds. The van der Waals surface area contributed by atoms with E-state index < -0.39 is 0 Å². The summed E-state index contributed by atoms with van der Waals surface area (Å²) >= 11 is 0. The van der Waals surface area contributed by atoms with Crippen molar-refractivity contribution in [1.29, 1.82) is 0 Å². The number of likely N-dealkylation sites (N-methyl/N-ethyl adjacent to an activating group) is 2. The van der Waals surface area contributed by atoms with Crippen molar-refractivity contribution in [3.63, 3.8) is 0 Å². The lowest BCUT2D eigenvalue weighted by atomic mass is 10.1. The molecule has 0 atom stereocenters. The fraction of sp³-hybridized carbons (Fsp3) is 0.273. The third kappa shape index (κ3) is 6.44. The van der Waals surface area contributed by atoms with Crippen LogP contribution >= 0.6 is 0 Å². The number of carbonyl (C=O) groups is 2. The monoisotopic (exact) mass is 408 g/mol. The molecule has 0 radical (unpaired) electrons. The van der Waals surface area contributed by atoms with Crippen LogP contribution in [0, 0.1) is 0 Å². The first-order chi connectivity index (χ1) is 14.4. The molecule has 0 aromatic heterocycles. The van der Waals surface area contributed by atoms with E-state index in [1.807, 2.05) is 60.7 Å². The highest BCUT2D eigenvalue weighted by Gasteiger charge is 2.17. The van der Waals surface area contributed by atoms with Crippen LogP contribution in [0.1, 0.15) is 11.1 Å². The predicted molar refractivity (Wildman–Crippen MR) is 119 cm³/mol. The maximum Gasteiger partial charge on any atom is 0.274 e. The fourth-order valence-corrected chi connectivity index (χ4v) is 2.47. The summed E-state index contributed by atoms with van der Waals surface area (Å²) in [6, 6.07) is 18.5. The molecule has 2 aromatic rings. The van der Waals surface area contributed by atoms with Gasteiger partial charge in [-0.3, -0.25) is 9.59 Å². The second-order valence-corrected chi connectivity index (χ2v) is 6.87. The van der Waals surface area contributed by atoms with E-state index in [2.05, 4.69) is 21.1 Å². The number of nitrogens with one attached hydrogen (secondary N) is 2. The average Bonchev–Trinajstić information content (AvgIpc) is 2.76. The van der Waals surface area contributed by atoms with Crippen molar-refractivity contribution in [2.75, 3.05) is 41.3 Å². The van der Waals surface area contributed by atoms with E-state index in [9.17, 15) is 9.59 Å². The van der Waals surface area contributed by atoms with Gasteiger partial charge >= 0.3 is 0 Å². The zero-order chi connectivity index (χ0) is 21.9. The van der Waals surface area contributed by atoms with E-state index in [0.717, 1.165) is 11.1 Å². The maximum atomic E-state index is 12.4. The molecule has 0 unspecified atom stereocenters. The predicted octanol–water partition coefficient (Wildman–Crippen LogP) is 1.15. The maximum absolute atomic E-state index is 12.4. The van der Waals surface area contributed by atoms with Crippen LogP contribution in [0.5, 0.6) is 0 Å². The van der Waals surface area contributed by atoms with Crippen molar-refractivity contribution in [3.8, 4) is 0 Å². The summed E-state index contributed by atoms with van der Waals surface area (Å²) in [6.45, 7) is 0.831. The fourth-order valence-electron chi connectivity index (χ4n) is 2.47. The molecule has 0 bridgehead atoms. The van der Waals surface area contributed by atoms with E-state index in [1.165, 1.54) is 9.80 Å². The van der Waals surface area contributed by atoms with E-state index in [4.69, 9.17) is 0 Å². The van der Waals surface area contributed by atoms with Crippen molar-refractivity contribution >= 4 is 23.2 Å². The third-order valence-corrected chi connectivity index (χ3v) is 4.04. The van der Waals surface area contributed by atoms with Crippen molar-refractivity contribution in [2.45, 2.75) is 0 Å². The molecule has 8 heteroatoms. The summed E-state index contributed by atoms with van der Waals surface area (Å²) in [5.74, 6) is -0.384. The minimum absolute atomic E-state index is 0.192. The Hall–Kier alpha value is -3.68. The largest absolute Gasteiger partial charge is 0.343 e. The molecule has 0 aliphatic heterocycles. The minimum Gasteiger partial charge on any atom is -0.343 e. The van der Waals surface area contributed by atoms with Gasteiger partial charge in [-0.25, -0.2) is 0 Å². The Labute approximate surface area is 177 Å². The van der Waals surface area contributed by atoms with Crippen molar-refractivity contribution in [3.05, 3.63) is 71.8 Å². The molecule has 158 valence electrons. The summed E-state index contributed by atoms with van der Waals surface area (Å²) in [5, 5.41) is 8.53. The Morgan fingerprint density at radius 3 is 1.30 bits per heavy atom.